The molecule has 18 heavy (non-hydrogen) atoms. The van der Waals surface area contributed by atoms with Crippen LogP contribution >= 0.6 is 11.6 Å². The Hall–Kier alpha value is -1.68. The van der Waals surface area contributed by atoms with E-state index in [0.717, 1.165) is 6.07 Å². The van der Waals surface area contributed by atoms with E-state index in [1.54, 1.807) is 25.1 Å². The van der Waals surface area contributed by atoms with Crippen LogP contribution in [0.2, 0.25) is 5.02 Å². The van der Waals surface area contributed by atoms with Crippen molar-refractivity contribution >= 4 is 17.4 Å². The van der Waals surface area contributed by atoms with Gasteiger partial charge in [-0.15, -0.1) is 0 Å². The summed E-state index contributed by atoms with van der Waals surface area (Å²) in [4.78, 5) is 3.83. The van der Waals surface area contributed by atoms with Gasteiger partial charge in [-0.1, -0.05) is 29.8 Å². The van der Waals surface area contributed by atoms with E-state index < -0.39 is 11.9 Å². The van der Waals surface area contributed by atoms with Crippen LogP contribution in [-0.4, -0.2) is 4.98 Å². The maximum absolute atomic E-state index is 13.5. The summed E-state index contributed by atoms with van der Waals surface area (Å²) in [5, 5.41) is 3.03. The zero-order chi connectivity index (χ0) is 13.1. The minimum Gasteiger partial charge on any atom is -0.361 e. The lowest BCUT2D eigenvalue weighted by Crippen LogP contribution is -2.10. The monoisotopic (exact) mass is 268 g/mol. The molecule has 2 nitrogen and oxygen atoms in total. The summed E-state index contributed by atoms with van der Waals surface area (Å²) < 4.78 is 27.1. The normalized spacial score (nSPS) is 12.2. The van der Waals surface area contributed by atoms with Crippen LogP contribution in [0.3, 0.4) is 0 Å². The largest absolute Gasteiger partial charge is 0.361 e. The first kappa shape index (κ1) is 12.8. The van der Waals surface area contributed by atoms with Crippen molar-refractivity contribution in [3.05, 3.63) is 58.7 Å². The highest BCUT2D eigenvalue weighted by Crippen LogP contribution is 2.23. The van der Waals surface area contributed by atoms with E-state index in [9.17, 15) is 8.78 Å². The Balaban J connectivity index is 2.21. The van der Waals surface area contributed by atoms with Gasteiger partial charge in [-0.2, -0.15) is 0 Å². The number of anilines is 1. The Morgan fingerprint density at radius 2 is 1.94 bits per heavy atom. The zero-order valence-electron chi connectivity index (χ0n) is 9.62. The van der Waals surface area contributed by atoms with Crippen LogP contribution in [0.4, 0.5) is 14.6 Å². The summed E-state index contributed by atoms with van der Waals surface area (Å²) in [5.41, 5.74) is 0.452. The van der Waals surface area contributed by atoms with Gasteiger partial charge in [0.2, 0.25) is 0 Å². The summed E-state index contributed by atoms with van der Waals surface area (Å²) in [6.45, 7) is 1.73. The summed E-state index contributed by atoms with van der Waals surface area (Å²) in [5.74, 6) is -0.854. The molecule has 0 amide bonds. The van der Waals surface area contributed by atoms with Crippen molar-refractivity contribution < 1.29 is 8.78 Å². The van der Waals surface area contributed by atoms with Crippen molar-refractivity contribution in [3.8, 4) is 0 Å². The minimum atomic E-state index is -0.564. The molecule has 0 saturated heterocycles. The summed E-state index contributed by atoms with van der Waals surface area (Å²) in [7, 11) is 0. The Kier molecular flexibility index (Phi) is 3.77. The highest BCUT2D eigenvalue weighted by molar-refractivity contribution is 6.30. The fourth-order valence-electron chi connectivity index (χ4n) is 1.63. The lowest BCUT2D eigenvalue weighted by Gasteiger charge is -2.16. The molecule has 94 valence electrons. The van der Waals surface area contributed by atoms with Crippen molar-refractivity contribution in [1.29, 1.82) is 0 Å². The van der Waals surface area contributed by atoms with Crippen molar-refractivity contribution in [2.45, 2.75) is 13.0 Å². The van der Waals surface area contributed by atoms with Crippen LogP contribution in [0.1, 0.15) is 18.5 Å². The lowest BCUT2D eigenvalue weighted by atomic mass is 10.1. The van der Waals surface area contributed by atoms with Gasteiger partial charge in [0.15, 0.2) is 11.6 Å². The lowest BCUT2D eigenvalue weighted by molar-refractivity contribution is 0.594. The Bertz CT molecular complexity index is 560. The first-order valence-corrected chi connectivity index (χ1v) is 5.77. The van der Waals surface area contributed by atoms with Crippen molar-refractivity contribution in [2.75, 3.05) is 5.32 Å². The van der Waals surface area contributed by atoms with Crippen molar-refractivity contribution in [2.24, 2.45) is 0 Å². The van der Waals surface area contributed by atoms with Gasteiger partial charge in [-0.25, -0.2) is 13.8 Å². The van der Waals surface area contributed by atoms with Gasteiger partial charge in [0.1, 0.15) is 5.82 Å². The summed E-state index contributed by atoms with van der Waals surface area (Å²) in [6, 6.07) is 7.09. The molecular weight excluding hydrogens is 258 g/mol. The standard InChI is InChI=1S/C13H11ClF2N2/c1-8(10-4-2-3-5-11(10)15)18-13-12(16)6-9(14)7-17-13/h2-8H,1H3,(H,17,18). The number of rotatable bonds is 3. The summed E-state index contributed by atoms with van der Waals surface area (Å²) >= 11 is 5.61. The molecule has 0 aliphatic heterocycles. The average molecular weight is 269 g/mol. The second kappa shape index (κ2) is 5.31. The Labute approximate surface area is 109 Å². The number of aromatic nitrogens is 1. The highest BCUT2D eigenvalue weighted by Gasteiger charge is 2.13. The maximum atomic E-state index is 13.5. The van der Waals surface area contributed by atoms with Gasteiger partial charge in [0, 0.05) is 11.8 Å². The van der Waals surface area contributed by atoms with E-state index in [4.69, 9.17) is 11.6 Å². The van der Waals surface area contributed by atoms with Gasteiger partial charge < -0.3 is 5.32 Å². The van der Waals surface area contributed by atoms with E-state index >= 15 is 0 Å². The first-order valence-electron chi connectivity index (χ1n) is 5.40. The third-order valence-corrected chi connectivity index (χ3v) is 2.74. The van der Waals surface area contributed by atoms with Crippen LogP contribution < -0.4 is 5.32 Å². The number of benzene rings is 1. The quantitative estimate of drug-likeness (QED) is 0.903. The predicted molar refractivity (Wildman–Crippen MR) is 67.6 cm³/mol. The number of hydrogen-bond acceptors (Lipinski definition) is 2. The second-order valence-corrected chi connectivity index (χ2v) is 4.31. The smallest absolute Gasteiger partial charge is 0.166 e. The van der Waals surface area contributed by atoms with E-state index in [-0.39, 0.29) is 16.7 Å². The fourth-order valence-corrected chi connectivity index (χ4v) is 1.77. The molecule has 2 rings (SSSR count). The molecule has 0 aliphatic rings. The van der Waals surface area contributed by atoms with Crippen LogP contribution in [0.15, 0.2) is 36.5 Å². The molecule has 0 spiro atoms. The summed E-state index contributed by atoms with van der Waals surface area (Å²) in [6.07, 6.45) is 1.33. The van der Waals surface area contributed by atoms with Crippen LogP contribution in [-0.2, 0) is 0 Å². The van der Waals surface area contributed by atoms with Crippen LogP contribution in [0.5, 0.6) is 0 Å². The third kappa shape index (κ3) is 2.76. The maximum Gasteiger partial charge on any atom is 0.166 e. The second-order valence-electron chi connectivity index (χ2n) is 3.87. The topological polar surface area (TPSA) is 24.9 Å². The zero-order valence-corrected chi connectivity index (χ0v) is 10.4. The van der Waals surface area contributed by atoms with Crippen molar-refractivity contribution in [3.63, 3.8) is 0 Å². The molecule has 0 fully saturated rings. The Morgan fingerprint density at radius 1 is 1.22 bits per heavy atom. The highest BCUT2D eigenvalue weighted by atomic mass is 35.5. The first-order chi connectivity index (χ1) is 8.58. The van der Waals surface area contributed by atoms with Crippen LogP contribution in [0.25, 0.3) is 0 Å². The third-order valence-electron chi connectivity index (χ3n) is 2.53. The SMILES string of the molecule is CC(Nc1ncc(Cl)cc1F)c1ccccc1F. The minimum absolute atomic E-state index is 0.0511. The molecular formula is C13H11ClF2N2. The van der Waals surface area contributed by atoms with E-state index in [1.165, 1.54) is 12.3 Å². The fraction of sp³-hybridized carbons (Fsp3) is 0.154. The molecule has 0 radical (unpaired) electrons. The molecule has 0 aliphatic carbocycles. The number of hydrogen-bond donors (Lipinski definition) is 1. The van der Waals surface area contributed by atoms with Gasteiger partial charge in [0.25, 0.3) is 0 Å². The molecule has 1 aromatic heterocycles. The Morgan fingerprint density at radius 3 is 2.61 bits per heavy atom. The molecule has 1 heterocycles. The number of halogens is 3. The number of nitrogens with one attached hydrogen (secondary N) is 1. The molecule has 0 saturated carbocycles. The van der Waals surface area contributed by atoms with E-state index in [0.29, 0.717) is 5.56 Å². The van der Waals surface area contributed by atoms with Gasteiger partial charge in [0.05, 0.1) is 11.1 Å². The van der Waals surface area contributed by atoms with E-state index in [1.807, 2.05) is 0 Å². The number of pyridine rings is 1. The predicted octanol–water partition coefficient (Wildman–Crippen LogP) is 4.19. The molecule has 0 bridgehead atoms. The van der Waals surface area contributed by atoms with Crippen LogP contribution in [0, 0.1) is 11.6 Å². The van der Waals surface area contributed by atoms with Crippen molar-refractivity contribution in [1.82, 2.24) is 4.98 Å². The molecule has 2 aromatic rings. The van der Waals surface area contributed by atoms with E-state index in [2.05, 4.69) is 10.3 Å². The molecule has 1 atom stereocenters. The molecule has 1 N–H and O–H groups in total. The molecule has 1 unspecified atom stereocenters. The molecule has 1 aromatic carbocycles. The molecule has 5 heteroatoms. The average Bonchev–Trinajstić information content (AvgIpc) is 2.33. The van der Waals surface area contributed by atoms with Gasteiger partial charge >= 0.3 is 0 Å². The number of nitrogens with zero attached hydrogens (tertiary/aromatic N) is 1. The van der Waals surface area contributed by atoms with Gasteiger partial charge in [-0.3, -0.25) is 0 Å². The van der Waals surface area contributed by atoms with Gasteiger partial charge in [-0.05, 0) is 19.1 Å².